The summed E-state index contributed by atoms with van der Waals surface area (Å²) in [5.74, 6) is -3.30. The number of anilines is 1. The van der Waals surface area contributed by atoms with Gasteiger partial charge in [-0.3, -0.25) is 0 Å². The number of nitrogens with one attached hydrogen (secondary N) is 1. The molecule has 3 N–H and O–H groups in total. The van der Waals surface area contributed by atoms with Crippen LogP contribution in [0.15, 0.2) is 30.3 Å². The van der Waals surface area contributed by atoms with Gasteiger partial charge in [0, 0.05) is 17.0 Å². The predicted octanol–water partition coefficient (Wildman–Crippen LogP) is 4.49. The number of aliphatic hydroxyl groups is 2. The molecule has 0 radical (unpaired) electrons. The average Bonchev–Trinajstić information content (AvgIpc) is 2.76. The first-order chi connectivity index (χ1) is 15.9. The number of aliphatic hydroxyl groups excluding tert-OH is 1. The van der Waals surface area contributed by atoms with E-state index in [-0.39, 0.29) is 12.2 Å². The van der Waals surface area contributed by atoms with Crippen LogP contribution < -0.4 is 14.8 Å². The smallest absolute Gasteiger partial charge is 0.298 e. The lowest BCUT2D eigenvalue weighted by atomic mass is 10.00. The molecule has 0 saturated carbocycles. The molecule has 3 aromatic rings. The van der Waals surface area contributed by atoms with Crippen LogP contribution in [0, 0.1) is 12.7 Å². The number of fused-ring (bicyclic) bond motifs is 1. The number of methoxy groups -OCH3 is 1. The van der Waals surface area contributed by atoms with Crippen LogP contribution in [0.1, 0.15) is 43.8 Å². The highest BCUT2D eigenvalue weighted by Crippen LogP contribution is 2.37. The second-order valence-electron chi connectivity index (χ2n) is 8.68. The summed E-state index contributed by atoms with van der Waals surface area (Å²) in [4.78, 5) is 8.82. The van der Waals surface area contributed by atoms with Gasteiger partial charge in [-0.15, -0.1) is 0 Å². The third kappa shape index (κ3) is 5.51. The Labute approximate surface area is 195 Å². The van der Waals surface area contributed by atoms with E-state index in [2.05, 4.69) is 15.3 Å². The Morgan fingerprint density at radius 1 is 1.15 bits per heavy atom. The summed E-state index contributed by atoms with van der Waals surface area (Å²) in [6.45, 7) is 4.99. The van der Waals surface area contributed by atoms with Gasteiger partial charge in [-0.25, -0.2) is 14.4 Å². The number of nitrogens with zero attached hydrogens (tertiary/aromatic N) is 2. The van der Waals surface area contributed by atoms with Crippen molar-refractivity contribution >= 4 is 16.7 Å². The Morgan fingerprint density at radius 3 is 2.47 bits per heavy atom. The maximum absolute atomic E-state index is 15.0. The summed E-state index contributed by atoms with van der Waals surface area (Å²) in [7, 11) is 1.48. The van der Waals surface area contributed by atoms with E-state index in [0.29, 0.717) is 34.0 Å². The van der Waals surface area contributed by atoms with Gasteiger partial charge in [0.15, 0.2) is 11.5 Å². The number of benzene rings is 2. The first kappa shape index (κ1) is 25.5. The number of aryl methyl sites for hydroxylation is 1. The van der Waals surface area contributed by atoms with Crippen LogP contribution >= 0.6 is 0 Å². The van der Waals surface area contributed by atoms with E-state index in [1.165, 1.54) is 19.2 Å². The quantitative estimate of drug-likeness (QED) is 0.416. The van der Waals surface area contributed by atoms with Crippen molar-refractivity contribution < 1.29 is 32.9 Å². The fourth-order valence-electron chi connectivity index (χ4n) is 3.42. The first-order valence-electron chi connectivity index (χ1n) is 10.6. The standard InChI is InChI=1S/C24H28F3N3O4/c1-13(15-7-6-8-17(21(15)25)24(26,27)11-31)28-22-16-9-20(34-12-23(3,4)32)19(33-5)10-18(16)29-14(2)30-22/h6-10,13,31-32H,11-12H2,1-5H3,(H,28,29,30)/t13-/m1/s1. The highest BCUT2D eigenvalue weighted by Gasteiger charge is 2.35. The van der Waals surface area contributed by atoms with Crippen LogP contribution in [-0.4, -0.2) is 46.1 Å². The van der Waals surface area contributed by atoms with Gasteiger partial charge >= 0.3 is 0 Å². The van der Waals surface area contributed by atoms with E-state index in [9.17, 15) is 18.3 Å². The number of ether oxygens (including phenoxy) is 2. The highest BCUT2D eigenvalue weighted by molar-refractivity contribution is 5.92. The molecular weight excluding hydrogens is 451 g/mol. The third-order valence-corrected chi connectivity index (χ3v) is 5.11. The summed E-state index contributed by atoms with van der Waals surface area (Å²) in [5.41, 5.74) is -1.45. The zero-order valence-corrected chi connectivity index (χ0v) is 19.6. The van der Waals surface area contributed by atoms with Gasteiger partial charge < -0.3 is 25.0 Å². The summed E-state index contributed by atoms with van der Waals surface area (Å²) < 4.78 is 54.0. The van der Waals surface area contributed by atoms with E-state index in [4.69, 9.17) is 14.6 Å². The maximum Gasteiger partial charge on any atom is 0.298 e. The van der Waals surface area contributed by atoms with Gasteiger partial charge in [0.25, 0.3) is 5.92 Å². The fourth-order valence-corrected chi connectivity index (χ4v) is 3.42. The van der Waals surface area contributed by atoms with Gasteiger partial charge in [-0.2, -0.15) is 8.78 Å². The second-order valence-corrected chi connectivity index (χ2v) is 8.68. The van der Waals surface area contributed by atoms with Crippen molar-refractivity contribution in [2.45, 2.75) is 45.3 Å². The van der Waals surface area contributed by atoms with Crippen molar-refractivity contribution in [1.82, 2.24) is 9.97 Å². The molecule has 184 valence electrons. The number of hydrogen-bond acceptors (Lipinski definition) is 7. The van der Waals surface area contributed by atoms with E-state index < -0.39 is 35.6 Å². The molecular formula is C24H28F3N3O4. The third-order valence-electron chi connectivity index (χ3n) is 5.11. The van der Waals surface area contributed by atoms with Gasteiger partial charge in [0.1, 0.15) is 30.7 Å². The number of hydrogen-bond donors (Lipinski definition) is 3. The molecule has 0 spiro atoms. The second kappa shape index (κ2) is 9.63. The van der Waals surface area contributed by atoms with Crippen LogP contribution in [0.4, 0.5) is 19.0 Å². The molecule has 7 nitrogen and oxygen atoms in total. The first-order valence-corrected chi connectivity index (χ1v) is 10.6. The molecule has 0 unspecified atom stereocenters. The Morgan fingerprint density at radius 2 is 1.85 bits per heavy atom. The van der Waals surface area contributed by atoms with Crippen LogP contribution in [-0.2, 0) is 5.92 Å². The van der Waals surface area contributed by atoms with Crippen molar-refractivity contribution in [3.63, 3.8) is 0 Å². The van der Waals surface area contributed by atoms with Gasteiger partial charge in [-0.05, 0) is 39.8 Å². The molecule has 2 aromatic carbocycles. The van der Waals surface area contributed by atoms with Crippen molar-refractivity contribution in [3.8, 4) is 11.5 Å². The number of aromatic nitrogens is 2. The lowest BCUT2D eigenvalue weighted by molar-refractivity contribution is -0.0583. The van der Waals surface area contributed by atoms with E-state index in [1.807, 2.05) is 0 Å². The Hall–Kier alpha value is -3.11. The molecule has 0 aliphatic rings. The summed E-state index contributed by atoms with van der Waals surface area (Å²) in [6.07, 6.45) is 0. The fraction of sp³-hybridized carbons (Fsp3) is 0.417. The molecule has 0 saturated heterocycles. The van der Waals surface area contributed by atoms with E-state index in [0.717, 1.165) is 6.07 Å². The van der Waals surface area contributed by atoms with Gasteiger partial charge in [-0.1, -0.05) is 12.1 Å². The molecule has 0 aliphatic carbocycles. The molecule has 1 atom stereocenters. The lowest BCUT2D eigenvalue weighted by Crippen LogP contribution is -2.28. The largest absolute Gasteiger partial charge is 0.493 e. The topological polar surface area (TPSA) is 96.7 Å². The zero-order valence-electron chi connectivity index (χ0n) is 19.6. The minimum atomic E-state index is -3.71. The molecule has 0 aliphatic heterocycles. The normalized spacial score (nSPS) is 13.1. The monoisotopic (exact) mass is 479 g/mol. The average molecular weight is 479 g/mol. The van der Waals surface area contributed by atoms with E-state index >= 15 is 0 Å². The number of alkyl halides is 2. The van der Waals surface area contributed by atoms with Crippen molar-refractivity contribution in [2.75, 3.05) is 25.6 Å². The summed E-state index contributed by atoms with van der Waals surface area (Å²) in [6, 6.07) is 6.19. The molecule has 1 heterocycles. The molecule has 3 rings (SSSR count). The van der Waals surface area contributed by atoms with Crippen molar-refractivity contribution in [2.24, 2.45) is 0 Å². The molecule has 34 heavy (non-hydrogen) atoms. The van der Waals surface area contributed by atoms with E-state index in [1.54, 1.807) is 39.8 Å². The van der Waals surface area contributed by atoms with Gasteiger partial charge in [0.2, 0.25) is 0 Å². The minimum Gasteiger partial charge on any atom is -0.493 e. The predicted molar refractivity (Wildman–Crippen MR) is 122 cm³/mol. The van der Waals surface area contributed by atoms with Crippen LogP contribution in [0.25, 0.3) is 10.9 Å². The maximum atomic E-state index is 15.0. The van der Waals surface area contributed by atoms with Crippen LogP contribution in [0.3, 0.4) is 0 Å². The summed E-state index contributed by atoms with van der Waals surface area (Å²) in [5, 5.41) is 22.6. The Kier molecular flexibility index (Phi) is 7.23. The Bertz CT molecular complexity index is 1180. The van der Waals surface area contributed by atoms with Gasteiger partial charge in [0.05, 0.1) is 29.8 Å². The SMILES string of the molecule is COc1cc2nc(C)nc(N[C@H](C)c3cccc(C(F)(F)CO)c3F)c2cc1OCC(C)(C)O. The van der Waals surface area contributed by atoms with Crippen molar-refractivity contribution in [1.29, 1.82) is 0 Å². The van der Waals surface area contributed by atoms with Crippen LogP contribution in [0.5, 0.6) is 11.5 Å². The summed E-state index contributed by atoms with van der Waals surface area (Å²) >= 11 is 0. The Balaban J connectivity index is 2.04. The number of halogens is 3. The minimum absolute atomic E-state index is 0.00216. The molecule has 10 heteroatoms. The van der Waals surface area contributed by atoms with Crippen molar-refractivity contribution in [3.05, 3.63) is 53.1 Å². The number of rotatable bonds is 9. The van der Waals surface area contributed by atoms with Crippen LogP contribution in [0.2, 0.25) is 0 Å². The molecule has 0 fully saturated rings. The highest BCUT2D eigenvalue weighted by atomic mass is 19.3. The molecule has 1 aromatic heterocycles. The molecule has 0 amide bonds. The zero-order chi connectivity index (χ0) is 25.3. The lowest BCUT2D eigenvalue weighted by Gasteiger charge is -2.22. The molecule has 0 bridgehead atoms.